The Labute approximate surface area is 96.5 Å². The number of aryl methyl sites for hydroxylation is 1. The van der Waals surface area contributed by atoms with Gasteiger partial charge in [0, 0.05) is 17.2 Å². The first kappa shape index (κ1) is 10.4. The quantitative estimate of drug-likeness (QED) is 0.843. The predicted octanol–water partition coefficient (Wildman–Crippen LogP) is 2.28. The Kier molecular flexibility index (Phi) is 2.92. The van der Waals surface area contributed by atoms with Gasteiger partial charge in [-0.05, 0) is 34.3 Å². The normalized spacial score (nSPS) is 14.9. The van der Waals surface area contributed by atoms with Gasteiger partial charge in [0.25, 0.3) is 5.56 Å². The maximum atomic E-state index is 11.8. The summed E-state index contributed by atoms with van der Waals surface area (Å²) in [5, 5.41) is 8.82. The first-order valence-electron chi connectivity index (χ1n) is 5.01. The largest absolute Gasteiger partial charge is 0.314 e. The molecule has 1 heterocycles. The standard InChI is InChI=1S/C11H11BrN2O/c12-10-4-6-14(5-3-8-1-2-8)11(15)9(10)7-13/h4,6,8H,1-3,5H2. The Morgan fingerprint density at radius 3 is 2.93 bits per heavy atom. The predicted molar refractivity (Wildman–Crippen MR) is 60.5 cm³/mol. The SMILES string of the molecule is N#Cc1c(Br)ccn(CCC2CC2)c1=O. The van der Waals surface area contributed by atoms with Crippen LogP contribution in [0.25, 0.3) is 0 Å². The van der Waals surface area contributed by atoms with Crippen molar-refractivity contribution >= 4 is 15.9 Å². The molecule has 1 aliphatic rings. The number of hydrogen-bond acceptors (Lipinski definition) is 2. The zero-order chi connectivity index (χ0) is 10.8. The van der Waals surface area contributed by atoms with Gasteiger partial charge in [0.05, 0.1) is 0 Å². The molecule has 78 valence electrons. The number of nitriles is 1. The summed E-state index contributed by atoms with van der Waals surface area (Å²) in [6.07, 6.45) is 5.37. The lowest BCUT2D eigenvalue weighted by Crippen LogP contribution is -2.22. The Morgan fingerprint density at radius 1 is 1.60 bits per heavy atom. The van der Waals surface area contributed by atoms with E-state index in [-0.39, 0.29) is 11.1 Å². The van der Waals surface area contributed by atoms with Crippen LogP contribution in [0.1, 0.15) is 24.8 Å². The summed E-state index contributed by atoms with van der Waals surface area (Å²) in [6, 6.07) is 3.68. The molecule has 15 heavy (non-hydrogen) atoms. The van der Waals surface area contributed by atoms with Gasteiger partial charge < -0.3 is 4.57 Å². The third-order valence-corrected chi connectivity index (χ3v) is 3.36. The van der Waals surface area contributed by atoms with E-state index in [9.17, 15) is 4.79 Å². The third-order valence-electron chi connectivity index (χ3n) is 2.70. The highest BCUT2D eigenvalue weighted by Crippen LogP contribution is 2.32. The maximum absolute atomic E-state index is 11.8. The van der Waals surface area contributed by atoms with E-state index < -0.39 is 0 Å². The molecule has 2 rings (SSSR count). The summed E-state index contributed by atoms with van der Waals surface area (Å²) >= 11 is 3.20. The van der Waals surface area contributed by atoms with Crippen LogP contribution in [0.15, 0.2) is 21.5 Å². The zero-order valence-electron chi connectivity index (χ0n) is 8.24. The molecule has 0 N–H and O–H groups in total. The lowest BCUT2D eigenvalue weighted by Gasteiger charge is -2.05. The highest BCUT2D eigenvalue weighted by molar-refractivity contribution is 9.10. The molecule has 1 aromatic heterocycles. The minimum atomic E-state index is -0.187. The van der Waals surface area contributed by atoms with Gasteiger partial charge >= 0.3 is 0 Å². The zero-order valence-corrected chi connectivity index (χ0v) is 9.83. The van der Waals surface area contributed by atoms with E-state index in [0.29, 0.717) is 4.47 Å². The fourth-order valence-corrected chi connectivity index (χ4v) is 1.93. The molecule has 1 aliphatic carbocycles. The molecule has 0 bridgehead atoms. The van der Waals surface area contributed by atoms with Crippen LogP contribution < -0.4 is 5.56 Å². The minimum Gasteiger partial charge on any atom is -0.314 e. The van der Waals surface area contributed by atoms with Crippen molar-refractivity contribution in [2.75, 3.05) is 0 Å². The van der Waals surface area contributed by atoms with Crippen molar-refractivity contribution in [3.63, 3.8) is 0 Å². The number of nitrogens with zero attached hydrogens (tertiary/aromatic N) is 2. The van der Waals surface area contributed by atoms with Crippen LogP contribution in [0.3, 0.4) is 0 Å². The molecule has 3 nitrogen and oxygen atoms in total. The highest BCUT2D eigenvalue weighted by Gasteiger charge is 2.21. The molecule has 0 atom stereocenters. The highest BCUT2D eigenvalue weighted by atomic mass is 79.9. The van der Waals surface area contributed by atoms with Crippen LogP contribution in [-0.2, 0) is 6.54 Å². The minimum absolute atomic E-state index is 0.187. The summed E-state index contributed by atoms with van der Waals surface area (Å²) in [5.41, 5.74) is 0.0146. The molecule has 0 unspecified atom stereocenters. The van der Waals surface area contributed by atoms with E-state index in [1.165, 1.54) is 12.8 Å². The molecule has 1 fully saturated rings. The second-order valence-corrected chi connectivity index (χ2v) is 4.74. The monoisotopic (exact) mass is 266 g/mol. The van der Waals surface area contributed by atoms with Crippen molar-refractivity contribution in [1.29, 1.82) is 5.26 Å². The average Bonchev–Trinajstić information content (AvgIpc) is 3.01. The summed E-state index contributed by atoms with van der Waals surface area (Å²) in [5.74, 6) is 0.797. The molecule has 0 amide bonds. The fraction of sp³-hybridized carbons (Fsp3) is 0.455. The van der Waals surface area contributed by atoms with Gasteiger partial charge in [0.2, 0.25) is 0 Å². The van der Waals surface area contributed by atoms with E-state index >= 15 is 0 Å². The van der Waals surface area contributed by atoms with Crippen LogP contribution in [0.5, 0.6) is 0 Å². The number of aromatic nitrogens is 1. The average molecular weight is 267 g/mol. The van der Waals surface area contributed by atoms with E-state index in [4.69, 9.17) is 5.26 Å². The van der Waals surface area contributed by atoms with Crippen molar-refractivity contribution in [1.82, 2.24) is 4.57 Å². The first-order chi connectivity index (χ1) is 7.22. The lowest BCUT2D eigenvalue weighted by atomic mass is 10.2. The maximum Gasteiger partial charge on any atom is 0.269 e. The Balaban J connectivity index is 2.24. The van der Waals surface area contributed by atoms with E-state index in [1.807, 2.05) is 6.07 Å². The van der Waals surface area contributed by atoms with Crippen molar-refractivity contribution < 1.29 is 0 Å². The molecular formula is C11H11BrN2O. The third kappa shape index (κ3) is 2.29. The molecular weight excluding hydrogens is 256 g/mol. The van der Waals surface area contributed by atoms with Gasteiger partial charge in [-0.25, -0.2) is 0 Å². The van der Waals surface area contributed by atoms with E-state index in [1.54, 1.807) is 16.8 Å². The molecule has 0 aliphatic heterocycles. The molecule has 1 aromatic rings. The first-order valence-corrected chi connectivity index (χ1v) is 5.80. The summed E-state index contributed by atoms with van der Waals surface area (Å²) in [7, 11) is 0. The summed E-state index contributed by atoms with van der Waals surface area (Å²) < 4.78 is 2.21. The van der Waals surface area contributed by atoms with Gasteiger partial charge in [-0.2, -0.15) is 5.26 Å². The molecule has 0 aromatic carbocycles. The van der Waals surface area contributed by atoms with Crippen molar-refractivity contribution in [3.05, 3.63) is 32.7 Å². The smallest absolute Gasteiger partial charge is 0.269 e. The molecule has 4 heteroatoms. The van der Waals surface area contributed by atoms with Crippen molar-refractivity contribution in [2.24, 2.45) is 5.92 Å². The second kappa shape index (κ2) is 4.19. The summed E-state index contributed by atoms with van der Waals surface area (Å²) in [4.78, 5) is 11.8. The number of hydrogen-bond donors (Lipinski definition) is 0. The van der Waals surface area contributed by atoms with Crippen LogP contribution >= 0.6 is 15.9 Å². The molecule has 0 radical (unpaired) electrons. The Bertz CT molecular complexity index is 468. The number of rotatable bonds is 3. The van der Waals surface area contributed by atoms with Crippen LogP contribution in [0, 0.1) is 17.2 Å². The van der Waals surface area contributed by atoms with E-state index in [0.717, 1.165) is 18.9 Å². The lowest BCUT2D eigenvalue weighted by molar-refractivity contribution is 0.580. The van der Waals surface area contributed by atoms with E-state index in [2.05, 4.69) is 15.9 Å². The van der Waals surface area contributed by atoms with Crippen molar-refractivity contribution in [2.45, 2.75) is 25.8 Å². The van der Waals surface area contributed by atoms with Gasteiger partial charge in [0.1, 0.15) is 11.6 Å². The number of pyridine rings is 1. The van der Waals surface area contributed by atoms with Crippen LogP contribution in [0.4, 0.5) is 0 Å². The molecule has 0 saturated heterocycles. The molecule has 0 spiro atoms. The van der Waals surface area contributed by atoms with Gasteiger partial charge in [-0.1, -0.05) is 12.8 Å². The van der Waals surface area contributed by atoms with Crippen LogP contribution in [-0.4, -0.2) is 4.57 Å². The molecule has 1 saturated carbocycles. The Hall–Kier alpha value is -1.08. The topological polar surface area (TPSA) is 45.8 Å². The van der Waals surface area contributed by atoms with Crippen molar-refractivity contribution in [3.8, 4) is 6.07 Å². The second-order valence-electron chi connectivity index (χ2n) is 3.88. The Morgan fingerprint density at radius 2 is 2.33 bits per heavy atom. The van der Waals surface area contributed by atoms with Gasteiger partial charge in [-0.3, -0.25) is 4.79 Å². The van der Waals surface area contributed by atoms with Crippen LogP contribution in [0.2, 0.25) is 0 Å². The van der Waals surface area contributed by atoms with Gasteiger partial charge in [0.15, 0.2) is 0 Å². The van der Waals surface area contributed by atoms with Gasteiger partial charge in [-0.15, -0.1) is 0 Å². The fourth-order valence-electron chi connectivity index (χ4n) is 1.56. The number of halogens is 1. The summed E-state index contributed by atoms with van der Waals surface area (Å²) in [6.45, 7) is 0.728.